The number of hydrogen-bond donors (Lipinski definition) is 2. The maximum Gasteiger partial charge on any atom is 0.121 e. The Morgan fingerprint density at radius 3 is 2.81 bits per heavy atom. The molecule has 1 aromatic rings. The molecule has 0 heterocycles. The molecule has 1 atom stereocenters. The summed E-state index contributed by atoms with van der Waals surface area (Å²) in [6.45, 7) is 2.65. The standard InChI is InChI=1S/C13H19NO2/c1-9-7-11(5-6-13(9)16-2)14-8-12(15)10-3-4-10/h5-7,10,12,14-15H,3-4,8H2,1-2H3. The molecular weight excluding hydrogens is 202 g/mol. The van der Waals surface area contributed by atoms with Gasteiger partial charge >= 0.3 is 0 Å². The Labute approximate surface area is 96.4 Å². The van der Waals surface area contributed by atoms with Gasteiger partial charge in [-0.1, -0.05) is 0 Å². The molecule has 1 aliphatic rings. The van der Waals surface area contributed by atoms with Gasteiger partial charge < -0.3 is 15.2 Å². The first-order valence-electron chi connectivity index (χ1n) is 5.77. The van der Waals surface area contributed by atoms with Crippen LogP contribution in [0.1, 0.15) is 18.4 Å². The fourth-order valence-corrected chi connectivity index (χ4v) is 1.86. The van der Waals surface area contributed by atoms with Crippen LogP contribution in [0.2, 0.25) is 0 Å². The van der Waals surface area contributed by atoms with E-state index in [1.54, 1.807) is 7.11 Å². The van der Waals surface area contributed by atoms with Crippen LogP contribution in [0, 0.1) is 12.8 Å². The second-order valence-corrected chi connectivity index (χ2v) is 4.47. The molecule has 0 radical (unpaired) electrons. The summed E-state index contributed by atoms with van der Waals surface area (Å²) in [7, 11) is 1.67. The minimum Gasteiger partial charge on any atom is -0.496 e. The van der Waals surface area contributed by atoms with Gasteiger partial charge in [-0.05, 0) is 49.4 Å². The number of aryl methyl sites for hydroxylation is 1. The fraction of sp³-hybridized carbons (Fsp3) is 0.538. The minimum atomic E-state index is -0.206. The second-order valence-electron chi connectivity index (χ2n) is 4.47. The highest BCUT2D eigenvalue weighted by Gasteiger charge is 2.29. The Balaban J connectivity index is 1.91. The monoisotopic (exact) mass is 221 g/mol. The van der Waals surface area contributed by atoms with E-state index in [9.17, 15) is 5.11 Å². The van der Waals surface area contributed by atoms with Gasteiger partial charge in [-0.15, -0.1) is 0 Å². The van der Waals surface area contributed by atoms with Gasteiger partial charge in [0.25, 0.3) is 0 Å². The lowest BCUT2D eigenvalue weighted by Crippen LogP contribution is -2.21. The highest BCUT2D eigenvalue weighted by atomic mass is 16.5. The van der Waals surface area contributed by atoms with Crippen molar-refractivity contribution in [2.45, 2.75) is 25.9 Å². The predicted octanol–water partition coefficient (Wildman–Crippen LogP) is 2.19. The Bertz CT molecular complexity index is 361. The number of benzene rings is 1. The largest absolute Gasteiger partial charge is 0.496 e. The summed E-state index contributed by atoms with van der Waals surface area (Å²) < 4.78 is 5.20. The molecule has 0 aliphatic heterocycles. The number of methoxy groups -OCH3 is 1. The first-order chi connectivity index (χ1) is 7.70. The summed E-state index contributed by atoms with van der Waals surface area (Å²) in [6, 6.07) is 5.96. The van der Waals surface area contributed by atoms with Crippen LogP contribution in [0.25, 0.3) is 0 Å². The molecule has 0 aromatic heterocycles. The van der Waals surface area contributed by atoms with Crippen LogP contribution in [0.3, 0.4) is 0 Å². The number of nitrogens with one attached hydrogen (secondary N) is 1. The molecule has 2 rings (SSSR count). The minimum absolute atomic E-state index is 0.206. The van der Waals surface area contributed by atoms with Gasteiger partial charge in [-0.2, -0.15) is 0 Å². The molecule has 0 amide bonds. The molecule has 0 bridgehead atoms. The zero-order valence-corrected chi connectivity index (χ0v) is 9.86. The van der Waals surface area contributed by atoms with Crippen molar-refractivity contribution in [1.29, 1.82) is 0 Å². The molecule has 1 aromatic carbocycles. The van der Waals surface area contributed by atoms with Crippen LogP contribution >= 0.6 is 0 Å². The molecular formula is C13H19NO2. The fourth-order valence-electron chi connectivity index (χ4n) is 1.86. The van der Waals surface area contributed by atoms with Crippen LogP contribution in [0.4, 0.5) is 5.69 Å². The maximum atomic E-state index is 9.73. The topological polar surface area (TPSA) is 41.5 Å². The van der Waals surface area contributed by atoms with Crippen LogP contribution in [0.5, 0.6) is 5.75 Å². The van der Waals surface area contributed by atoms with Gasteiger partial charge in [0.2, 0.25) is 0 Å². The van der Waals surface area contributed by atoms with E-state index in [0.29, 0.717) is 12.5 Å². The maximum absolute atomic E-state index is 9.73. The number of aliphatic hydroxyl groups excluding tert-OH is 1. The van der Waals surface area contributed by atoms with E-state index >= 15 is 0 Å². The average molecular weight is 221 g/mol. The van der Waals surface area contributed by atoms with E-state index in [1.807, 2.05) is 25.1 Å². The lowest BCUT2D eigenvalue weighted by molar-refractivity contribution is 0.164. The third-order valence-corrected chi connectivity index (χ3v) is 3.08. The Morgan fingerprint density at radius 2 is 2.25 bits per heavy atom. The van der Waals surface area contributed by atoms with Crippen molar-refractivity contribution < 1.29 is 9.84 Å². The van der Waals surface area contributed by atoms with E-state index in [2.05, 4.69) is 5.32 Å². The van der Waals surface area contributed by atoms with Crippen LogP contribution in [-0.4, -0.2) is 24.9 Å². The van der Waals surface area contributed by atoms with E-state index < -0.39 is 0 Å². The Morgan fingerprint density at radius 1 is 1.50 bits per heavy atom. The van der Waals surface area contributed by atoms with Gasteiger partial charge in [0.05, 0.1) is 13.2 Å². The molecule has 1 aliphatic carbocycles. The quantitative estimate of drug-likeness (QED) is 0.800. The molecule has 3 nitrogen and oxygen atoms in total. The third-order valence-electron chi connectivity index (χ3n) is 3.08. The first-order valence-corrected chi connectivity index (χ1v) is 5.77. The van der Waals surface area contributed by atoms with Crippen molar-refractivity contribution in [3.63, 3.8) is 0 Å². The average Bonchev–Trinajstić information content (AvgIpc) is 3.10. The zero-order valence-electron chi connectivity index (χ0n) is 9.86. The number of anilines is 1. The third kappa shape index (κ3) is 2.67. The number of aliphatic hydroxyl groups is 1. The lowest BCUT2D eigenvalue weighted by Gasteiger charge is -2.13. The van der Waals surface area contributed by atoms with Crippen molar-refractivity contribution in [1.82, 2.24) is 0 Å². The SMILES string of the molecule is COc1ccc(NCC(O)C2CC2)cc1C. The Hall–Kier alpha value is -1.22. The van der Waals surface area contributed by atoms with Crippen LogP contribution in [0.15, 0.2) is 18.2 Å². The molecule has 0 spiro atoms. The van der Waals surface area contributed by atoms with Gasteiger partial charge in [0.1, 0.15) is 5.75 Å². The predicted molar refractivity (Wildman–Crippen MR) is 65.0 cm³/mol. The normalized spacial score (nSPS) is 16.9. The molecule has 88 valence electrons. The van der Waals surface area contributed by atoms with Gasteiger partial charge in [0, 0.05) is 12.2 Å². The molecule has 3 heteroatoms. The van der Waals surface area contributed by atoms with Crippen LogP contribution in [-0.2, 0) is 0 Å². The number of rotatable bonds is 5. The van der Waals surface area contributed by atoms with Gasteiger partial charge in [0.15, 0.2) is 0 Å². The van der Waals surface area contributed by atoms with Gasteiger partial charge in [-0.3, -0.25) is 0 Å². The smallest absolute Gasteiger partial charge is 0.121 e. The molecule has 16 heavy (non-hydrogen) atoms. The van der Waals surface area contributed by atoms with Crippen molar-refractivity contribution >= 4 is 5.69 Å². The molecule has 1 unspecified atom stereocenters. The molecule has 1 fully saturated rings. The van der Waals surface area contributed by atoms with Crippen molar-refractivity contribution in [2.24, 2.45) is 5.92 Å². The summed E-state index contributed by atoms with van der Waals surface area (Å²) in [5, 5.41) is 13.0. The molecule has 2 N–H and O–H groups in total. The first kappa shape index (κ1) is 11.3. The van der Waals surface area contributed by atoms with Crippen molar-refractivity contribution in [3.8, 4) is 5.75 Å². The second kappa shape index (κ2) is 4.74. The van der Waals surface area contributed by atoms with Crippen LogP contribution < -0.4 is 10.1 Å². The van der Waals surface area contributed by atoms with Gasteiger partial charge in [-0.25, -0.2) is 0 Å². The molecule has 1 saturated carbocycles. The lowest BCUT2D eigenvalue weighted by atomic mass is 10.2. The number of ether oxygens (including phenoxy) is 1. The van der Waals surface area contributed by atoms with Crippen molar-refractivity contribution in [2.75, 3.05) is 19.0 Å². The highest BCUT2D eigenvalue weighted by molar-refractivity contribution is 5.50. The molecule has 0 saturated heterocycles. The van der Waals surface area contributed by atoms with E-state index in [0.717, 1.165) is 17.0 Å². The summed E-state index contributed by atoms with van der Waals surface area (Å²) in [5.41, 5.74) is 2.14. The van der Waals surface area contributed by atoms with Crippen molar-refractivity contribution in [3.05, 3.63) is 23.8 Å². The summed E-state index contributed by atoms with van der Waals surface area (Å²) >= 11 is 0. The van der Waals surface area contributed by atoms with E-state index in [4.69, 9.17) is 4.74 Å². The summed E-state index contributed by atoms with van der Waals surface area (Å²) in [6.07, 6.45) is 2.14. The zero-order chi connectivity index (χ0) is 11.5. The van der Waals surface area contributed by atoms with E-state index in [1.165, 1.54) is 12.8 Å². The summed E-state index contributed by atoms with van der Waals surface area (Å²) in [5.74, 6) is 1.42. The Kier molecular flexibility index (Phi) is 3.34. The highest BCUT2D eigenvalue weighted by Crippen LogP contribution is 2.32. The number of hydrogen-bond acceptors (Lipinski definition) is 3. The van der Waals surface area contributed by atoms with E-state index in [-0.39, 0.29) is 6.10 Å². The summed E-state index contributed by atoms with van der Waals surface area (Å²) in [4.78, 5) is 0.